The Balaban J connectivity index is 2.54. The van der Waals surface area contributed by atoms with Gasteiger partial charge in [0.05, 0.1) is 11.4 Å². The van der Waals surface area contributed by atoms with Gasteiger partial charge in [-0.1, -0.05) is 31.5 Å². The van der Waals surface area contributed by atoms with E-state index >= 15 is 0 Å². The number of nitrogens with one attached hydrogen (secondary N) is 1. The SMILES string of the molecule is CCCc1[nH]c(=S)n(-c2ccccc2)c1O. The predicted octanol–water partition coefficient (Wildman–Crippen LogP) is 3.19. The van der Waals surface area contributed by atoms with E-state index in [0.29, 0.717) is 4.77 Å². The molecule has 1 aromatic carbocycles. The third-order valence-electron chi connectivity index (χ3n) is 2.46. The van der Waals surface area contributed by atoms with E-state index in [4.69, 9.17) is 12.2 Å². The molecule has 2 aromatic rings. The highest BCUT2D eigenvalue weighted by molar-refractivity contribution is 7.71. The van der Waals surface area contributed by atoms with E-state index in [9.17, 15) is 5.11 Å². The molecular weight excluding hydrogens is 220 g/mol. The topological polar surface area (TPSA) is 41.0 Å². The second-order valence-electron chi connectivity index (χ2n) is 3.65. The van der Waals surface area contributed by atoms with Gasteiger partial charge in [0.15, 0.2) is 4.77 Å². The molecule has 2 rings (SSSR count). The lowest BCUT2D eigenvalue weighted by atomic mass is 10.2. The van der Waals surface area contributed by atoms with Gasteiger partial charge < -0.3 is 10.1 Å². The molecule has 0 amide bonds. The molecule has 1 heterocycles. The van der Waals surface area contributed by atoms with Crippen molar-refractivity contribution >= 4 is 12.2 Å². The van der Waals surface area contributed by atoms with Gasteiger partial charge in [-0.25, -0.2) is 0 Å². The first-order chi connectivity index (χ1) is 7.74. The van der Waals surface area contributed by atoms with Crippen molar-refractivity contribution in [3.05, 3.63) is 40.8 Å². The summed E-state index contributed by atoms with van der Waals surface area (Å²) in [6, 6.07) is 9.61. The Labute approximate surface area is 99.4 Å². The zero-order valence-electron chi connectivity index (χ0n) is 9.10. The number of aryl methyl sites for hydroxylation is 1. The Bertz CT molecular complexity index is 528. The first kappa shape index (κ1) is 11.0. The largest absolute Gasteiger partial charge is 0.493 e. The van der Waals surface area contributed by atoms with Crippen LogP contribution in [0.5, 0.6) is 5.88 Å². The van der Waals surface area contributed by atoms with Crippen molar-refractivity contribution < 1.29 is 5.11 Å². The standard InChI is InChI=1S/C12H14N2OS/c1-2-6-10-11(15)14(12(16)13-10)9-7-4-3-5-8-9/h3-5,7-8,15H,2,6H2,1H3,(H,13,16). The number of aromatic nitrogens is 2. The van der Waals surface area contributed by atoms with Gasteiger partial charge in [0.25, 0.3) is 0 Å². The lowest BCUT2D eigenvalue weighted by Crippen LogP contribution is -1.92. The Morgan fingerprint density at radius 1 is 1.31 bits per heavy atom. The smallest absolute Gasteiger partial charge is 0.218 e. The van der Waals surface area contributed by atoms with Gasteiger partial charge >= 0.3 is 0 Å². The minimum absolute atomic E-state index is 0.220. The van der Waals surface area contributed by atoms with E-state index in [-0.39, 0.29) is 5.88 Å². The Morgan fingerprint density at radius 2 is 2.00 bits per heavy atom. The van der Waals surface area contributed by atoms with Crippen LogP contribution in [-0.2, 0) is 6.42 Å². The lowest BCUT2D eigenvalue weighted by molar-refractivity contribution is 0.435. The van der Waals surface area contributed by atoms with Gasteiger partial charge in [0.2, 0.25) is 5.88 Å². The van der Waals surface area contributed by atoms with Gasteiger partial charge in [-0.2, -0.15) is 0 Å². The molecular formula is C12H14N2OS. The molecule has 84 valence electrons. The van der Waals surface area contributed by atoms with E-state index in [1.807, 2.05) is 30.3 Å². The molecule has 3 nitrogen and oxygen atoms in total. The van der Waals surface area contributed by atoms with Crippen LogP contribution in [0.2, 0.25) is 0 Å². The van der Waals surface area contributed by atoms with Crippen LogP contribution in [0.4, 0.5) is 0 Å². The third-order valence-corrected chi connectivity index (χ3v) is 2.74. The minimum atomic E-state index is 0.220. The summed E-state index contributed by atoms with van der Waals surface area (Å²) in [6.07, 6.45) is 1.77. The number of aromatic hydroxyl groups is 1. The molecule has 0 aliphatic rings. The number of hydrogen-bond donors (Lipinski definition) is 2. The number of H-pyrrole nitrogens is 1. The molecule has 0 unspecified atom stereocenters. The summed E-state index contributed by atoms with van der Waals surface area (Å²) in [6.45, 7) is 2.07. The van der Waals surface area contributed by atoms with E-state index < -0.39 is 0 Å². The van der Waals surface area contributed by atoms with Crippen LogP contribution in [0, 0.1) is 4.77 Å². The number of benzene rings is 1. The van der Waals surface area contributed by atoms with Crippen LogP contribution in [0.3, 0.4) is 0 Å². The maximum absolute atomic E-state index is 10.1. The summed E-state index contributed by atoms with van der Waals surface area (Å²) in [5.41, 5.74) is 1.68. The molecule has 0 atom stereocenters. The van der Waals surface area contributed by atoms with Crippen LogP contribution >= 0.6 is 12.2 Å². The number of imidazole rings is 1. The third kappa shape index (κ3) is 1.88. The van der Waals surface area contributed by atoms with Crippen molar-refractivity contribution in [3.63, 3.8) is 0 Å². The molecule has 0 fully saturated rings. The fourth-order valence-electron chi connectivity index (χ4n) is 1.71. The highest BCUT2D eigenvalue weighted by Crippen LogP contribution is 2.23. The fourth-order valence-corrected chi connectivity index (χ4v) is 2.03. The molecule has 0 aliphatic carbocycles. The fraction of sp³-hybridized carbons (Fsp3) is 0.250. The quantitative estimate of drug-likeness (QED) is 0.801. The van der Waals surface area contributed by atoms with Crippen LogP contribution < -0.4 is 0 Å². The summed E-state index contributed by atoms with van der Waals surface area (Å²) >= 11 is 5.20. The molecule has 16 heavy (non-hydrogen) atoms. The summed E-state index contributed by atoms with van der Waals surface area (Å²) < 4.78 is 2.19. The summed E-state index contributed by atoms with van der Waals surface area (Å²) in [5, 5.41) is 10.1. The Hall–Kier alpha value is -1.55. The molecule has 0 aliphatic heterocycles. The van der Waals surface area contributed by atoms with E-state index in [0.717, 1.165) is 24.2 Å². The second-order valence-corrected chi connectivity index (χ2v) is 4.04. The summed E-state index contributed by atoms with van der Waals surface area (Å²) in [5.74, 6) is 0.220. The van der Waals surface area contributed by atoms with Gasteiger partial charge in [-0.05, 0) is 30.8 Å². The van der Waals surface area contributed by atoms with Crippen molar-refractivity contribution in [2.75, 3.05) is 0 Å². The van der Waals surface area contributed by atoms with Gasteiger partial charge in [-0.15, -0.1) is 0 Å². The van der Waals surface area contributed by atoms with Gasteiger partial charge in [-0.3, -0.25) is 4.57 Å². The summed E-state index contributed by atoms with van der Waals surface area (Å²) in [4.78, 5) is 3.04. The highest BCUT2D eigenvalue weighted by atomic mass is 32.1. The summed E-state index contributed by atoms with van der Waals surface area (Å²) in [7, 11) is 0. The second kappa shape index (κ2) is 4.53. The Morgan fingerprint density at radius 3 is 2.62 bits per heavy atom. The molecule has 0 radical (unpaired) electrons. The monoisotopic (exact) mass is 234 g/mol. The average Bonchev–Trinajstić information content (AvgIpc) is 2.56. The van der Waals surface area contributed by atoms with Gasteiger partial charge in [0, 0.05) is 0 Å². The number of para-hydroxylation sites is 1. The minimum Gasteiger partial charge on any atom is -0.493 e. The van der Waals surface area contributed by atoms with Crippen molar-refractivity contribution in [3.8, 4) is 11.6 Å². The zero-order chi connectivity index (χ0) is 11.5. The zero-order valence-corrected chi connectivity index (χ0v) is 9.92. The Kier molecular flexibility index (Phi) is 3.10. The van der Waals surface area contributed by atoms with Crippen LogP contribution in [0.1, 0.15) is 19.0 Å². The van der Waals surface area contributed by atoms with Crippen molar-refractivity contribution in [1.82, 2.24) is 9.55 Å². The maximum atomic E-state index is 10.1. The number of aromatic amines is 1. The van der Waals surface area contributed by atoms with E-state index in [1.54, 1.807) is 4.57 Å². The number of nitrogens with zero attached hydrogens (tertiary/aromatic N) is 1. The molecule has 0 saturated carbocycles. The van der Waals surface area contributed by atoms with E-state index in [2.05, 4.69) is 11.9 Å². The number of hydrogen-bond acceptors (Lipinski definition) is 2. The lowest BCUT2D eigenvalue weighted by Gasteiger charge is -2.03. The molecule has 0 saturated heterocycles. The van der Waals surface area contributed by atoms with Crippen molar-refractivity contribution in [2.24, 2.45) is 0 Å². The molecule has 0 spiro atoms. The van der Waals surface area contributed by atoms with Crippen molar-refractivity contribution in [1.29, 1.82) is 0 Å². The molecule has 4 heteroatoms. The first-order valence-corrected chi connectivity index (χ1v) is 5.73. The predicted molar refractivity (Wildman–Crippen MR) is 66.6 cm³/mol. The maximum Gasteiger partial charge on any atom is 0.218 e. The highest BCUT2D eigenvalue weighted by Gasteiger charge is 2.10. The van der Waals surface area contributed by atoms with Crippen molar-refractivity contribution in [2.45, 2.75) is 19.8 Å². The van der Waals surface area contributed by atoms with Crippen LogP contribution in [-0.4, -0.2) is 14.7 Å². The van der Waals surface area contributed by atoms with Gasteiger partial charge in [0.1, 0.15) is 0 Å². The molecule has 1 aromatic heterocycles. The normalized spacial score (nSPS) is 10.6. The average molecular weight is 234 g/mol. The van der Waals surface area contributed by atoms with E-state index in [1.165, 1.54) is 0 Å². The number of rotatable bonds is 3. The molecule has 2 N–H and O–H groups in total. The molecule has 0 bridgehead atoms. The first-order valence-electron chi connectivity index (χ1n) is 5.32. The van der Waals surface area contributed by atoms with Crippen LogP contribution in [0.25, 0.3) is 5.69 Å². The van der Waals surface area contributed by atoms with Crippen LogP contribution in [0.15, 0.2) is 30.3 Å².